The number of fused-ring (bicyclic) bond motifs is 1. The number of nitrogens with zero attached hydrogens (tertiary/aromatic N) is 1. The second-order valence-electron chi connectivity index (χ2n) is 7.14. The lowest BCUT2D eigenvalue weighted by molar-refractivity contribution is 0.0977. The molecule has 4 aromatic rings. The number of oxazole rings is 1. The molecular formula is C24H20ClN3O2S. The smallest absolute Gasteiger partial charge is 0.257 e. The van der Waals surface area contributed by atoms with E-state index in [4.69, 9.17) is 28.2 Å². The maximum absolute atomic E-state index is 12.4. The molecule has 0 aliphatic carbocycles. The number of carbonyl (C=O) groups excluding carboxylic acids is 1. The van der Waals surface area contributed by atoms with Crippen molar-refractivity contribution in [2.75, 3.05) is 5.32 Å². The number of hydrogen-bond acceptors (Lipinski definition) is 4. The van der Waals surface area contributed by atoms with E-state index in [1.807, 2.05) is 37.3 Å². The first-order valence-electron chi connectivity index (χ1n) is 9.81. The van der Waals surface area contributed by atoms with Crippen LogP contribution in [-0.4, -0.2) is 16.0 Å². The number of amides is 1. The first-order valence-corrected chi connectivity index (χ1v) is 10.6. The molecule has 2 N–H and O–H groups in total. The van der Waals surface area contributed by atoms with Crippen LogP contribution in [0.3, 0.4) is 0 Å². The van der Waals surface area contributed by atoms with E-state index in [0.29, 0.717) is 33.3 Å². The largest absolute Gasteiger partial charge is 0.436 e. The van der Waals surface area contributed by atoms with Gasteiger partial charge in [0.25, 0.3) is 5.91 Å². The zero-order chi connectivity index (χ0) is 22.0. The van der Waals surface area contributed by atoms with Crippen LogP contribution in [0.15, 0.2) is 65.1 Å². The molecule has 156 valence electrons. The van der Waals surface area contributed by atoms with E-state index in [9.17, 15) is 4.79 Å². The van der Waals surface area contributed by atoms with Crippen LogP contribution in [0, 0.1) is 6.92 Å². The second kappa shape index (κ2) is 8.88. The summed E-state index contributed by atoms with van der Waals surface area (Å²) < 4.78 is 5.87. The molecule has 0 saturated carbocycles. The Bertz CT molecular complexity index is 1280. The summed E-state index contributed by atoms with van der Waals surface area (Å²) in [6, 6.07) is 18.5. The van der Waals surface area contributed by atoms with E-state index in [-0.39, 0.29) is 11.0 Å². The third-order valence-electron chi connectivity index (χ3n) is 4.85. The van der Waals surface area contributed by atoms with Crippen LogP contribution in [-0.2, 0) is 6.42 Å². The molecular weight excluding hydrogens is 430 g/mol. The van der Waals surface area contributed by atoms with Crippen molar-refractivity contribution < 1.29 is 9.21 Å². The first-order chi connectivity index (χ1) is 14.9. The van der Waals surface area contributed by atoms with Gasteiger partial charge in [0.05, 0.1) is 10.6 Å². The Morgan fingerprint density at radius 1 is 1.10 bits per heavy atom. The molecule has 4 rings (SSSR count). The molecule has 5 nitrogen and oxygen atoms in total. The average molecular weight is 450 g/mol. The number of aromatic nitrogens is 1. The van der Waals surface area contributed by atoms with Crippen LogP contribution in [0.2, 0.25) is 5.02 Å². The lowest BCUT2D eigenvalue weighted by Gasteiger charge is -2.11. The standard InChI is InChI=1S/C24H20ClN3O2S/c1-3-15-5-7-16(8-6-15)22(29)28-24(31)26-17-9-10-19(25)18(13-17)23-27-20-12-14(2)4-11-21(20)30-23/h4-13H,3H2,1-2H3,(H2,26,28,29,31). The molecule has 0 aliphatic rings. The quantitative estimate of drug-likeness (QED) is 0.366. The summed E-state index contributed by atoms with van der Waals surface area (Å²) in [5.41, 5.74) is 5.54. The Morgan fingerprint density at radius 2 is 1.87 bits per heavy atom. The van der Waals surface area contributed by atoms with Crippen LogP contribution in [0.1, 0.15) is 28.4 Å². The summed E-state index contributed by atoms with van der Waals surface area (Å²) >= 11 is 11.7. The fourth-order valence-corrected chi connectivity index (χ4v) is 3.56. The minimum absolute atomic E-state index is 0.186. The summed E-state index contributed by atoms with van der Waals surface area (Å²) in [4.78, 5) is 17.0. The summed E-state index contributed by atoms with van der Waals surface area (Å²) in [7, 11) is 0. The summed E-state index contributed by atoms with van der Waals surface area (Å²) in [5, 5.41) is 6.40. The zero-order valence-corrected chi connectivity index (χ0v) is 18.6. The predicted octanol–water partition coefficient (Wildman–Crippen LogP) is 6.15. The van der Waals surface area contributed by atoms with Gasteiger partial charge in [-0.2, -0.15) is 0 Å². The SMILES string of the molecule is CCc1ccc(C(=O)NC(=S)Nc2ccc(Cl)c(-c3nc4cc(C)ccc4o3)c2)cc1. The normalized spacial score (nSPS) is 10.8. The third-order valence-corrected chi connectivity index (χ3v) is 5.38. The fourth-order valence-electron chi connectivity index (χ4n) is 3.15. The highest BCUT2D eigenvalue weighted by molar-refractivity contribution is 7.80. The fraction of sp³-hybridized carbons (Fsp3) is 0.125. The van der Waals surface area contributed by atoms with Gasteiger partial charge in [0.2, 0.25) is 5.89 Å². The second-order valence-corrected chi connectivity index (χ2v) is 7.96. The van der Waals surface area contributed by atoms with Gasteiger partial charge in [0, 0.05) is 11.3 Å². The molecule has 0 spiro atoms. The number of rotatable bonds is 4. The zero-order valence-electron chi connectivity index (χ0n) is 17.0. The maximum atomic E-state index is 12.4. The molecule has 1 heterocycles. The minimum atomic E-state index is -0.274. The van der Waals surface area contributed by atoms with E-state index < -0.39 is 0 Å². The van der Waals surface area contributed by atoms with Gasteiger partial charge in [0.1, 0.15) is 5.52 Å². The van der Waals surface area contributed by atoms with E-state index in [2.05, 4.69) is 22.5 Å². The van der Waals surface area contributed by atoms with Crippen LogP contribution in [0.5, 0.6) is 0 Å². The van der Waals surface area contributed by atoms with E-state index in [0.717, 1.165) is 17.5 Å². The van der Waals surface area contributed by atoms with E-state index >= 15 is 0 Å². The Balaban J connectivity index is 1.50. The predicted molar refractivity (Wildman–Crippen MR) is 129 cm³/mol. The maximum Gasteiger partial charge on any atom is 0.257 e. The summed E-state index contributed by atoms with van der Waals surface area (Å²) in [6.45, 7) is 4.06. The molecule has 3 aromatic carbocycles. The van der Waals surface area contributed by atoms with Gasteiger partial charge in [-0.3, -0.25) is 10.1 Å². The molecule has 0 saturated heterocycles. The molecule has 0 unspecified atom stereocenters. The number of nitrogens with one attached hydrogen (secondary N) is 2. The number of benzene rings is 3. The van der Waals surface area contributed by atoms with E-state index in [1.165, 1.54) is 5.56 Å². The van der Waals surface area contributed by atoms with Crippen LogP contribution < -0.4 is 10.6 Å². The van der Waals surface area contributed by atoms with Crippen molar-refractivity contribution in [1.29, 1.82) is 0 Å². The highest BCUT2D eigenvalue weighted by atomic mass is 35.5. The topological polar surface area (TPSA) is 67.2 Å². The van der Waals surface area contributed by atoms with Crippen molar-refractivity contribution in [2.24, 2.45) is 0 Å². The van der Waals surface area contributed by atoms with Crippen molar-refractivity contribution in [3.8, 4) is 11.5 Å². The van der Waals surface area contributed by atoms with Gasteiger partial charge < -0.3 is 9.73 Å². The van der Waals surface area contributed by atoms with Crippen molar-refractivity contribution in [1.82, 2.24) is 10.3 Å². The monoisotopic (exact) mass is 449 g/mol. The molecule has 0 bridgehead atoms. The first kappa shape index (κ1) is 21.0. The minimum Gasteiger partial charge on any atom is -0.436 e. The van der Waals surface area contributed by atoms with Crippen LogP contribution >= 0.6 is 23.8 Å². The van der Waals surface area contributed by atoms with Gasteiger partial charge in [-0.25, -0.2) is 4.98 Å². The van der Waals surface area contributed by atoms with Crippen molar-refractivity contribution in [3.63, 3.8) is 0 Å². The number of thiocarbonyl (C=S) groups is 1. The molecule has 7 heteroatoms. The van der Waals surface area contributed by atoms with Crippen molar-refractivity contribution in [2.45, 2.75) is 20.3 Å². The van der Waals surface area contributed by atoms with Crippen molar-refractivity contribution >= 4 is 51.6 Å². The highest BCUT2D eigenvalue weighted by Crippen LogP contribution is 2.32. The average Bonchev–Trinajstić information content (AvgIpc) is 3.18. The molecule has 0 atom stereocenters. The van der Waals surface area contributed by atoms with Crippen LogP contribution in [0.25, 0.3) is 22.6 Å². The molecule has 1 amide bonds. The van der Waals surface area contributed by atoms with Gasteiger partial charge in [0.15, 0.2) is 10.7 Å². The summed E-state index contributed by atoms with van der Waals surface area (Å²) in [5.74, 6) is 0.142. The van der Waals surface area contributed by atoms with Crippen molar-refractivity contribution in [3.05, 3.63) is 82.4 Å². The number of aryl methyl sites for hydroxylation is 2. The van der Waals surface area contributed by atoms with Gasteiger partial charge >= 0.3 is 0 Å². The van der Waals surface area contributed by atoms with Gasteiger partial charge in [-0.15, -0.1) is 0 Å². The van der Waals surface area contributed by atoms with Crippen LogP contribution in [0.4, 0.5) is 5.69 Å². The molecule has 1 aromatic heterocycles. The van der Waals surface area contributed by atoms with Gasteiger partial charge in [-0.05, 0) is 79.2 Å². The lowest BCUT2D eigenvalue weighted by Crippen LogP contribution is -2.34. The molecule has 0 fully saturated rings. The molecule has 0 aliphatic heterocycles. The highest BCUT2D eigenvalue weighted by Gasteiger charge is 2.14. The number of carbonyl (C=O) groups is 1. The summed E-state index contributed by atoms with van der Waals surface area (Å²) in [6.07, 6.45) is 0.917. The molecule has 31 heavy (non-hydrogen) atoms. The Labute approximate surface area is 190 Å². The third kappa shape index (κ3) is 4.76. The van der Waals surface area contributed by atoms with E-state index in [1.54, 1.807) is 30.3 Å². The molecule has 0 radical (unpaired) electrons. The number of hydrogen-bond donors (Lipinski definition) is 2. The lowest BCUT2D eigenvalue weighted by atomic mass is 10.1. The van der Waals surface area contributed by atoms with Gasteiger partial charge in [-0.1, -0.05) is 36.7 Å². The number of anilines is 1. The number of halogens is 1. The Kier molecular flexibility index (Phi) is 6.02. The Morgan fingerprint density at radius 3 is 2.61 bits per heavy atom. The Hall–Kier alpha value is -3.22.